The first-order valence-electron chi connectivity index (χ1n) is 21.7. The maximum absolute atomic E-state index is 7.27. The third-order valence-corrected chi connectivity index (χ3v) is 13.1. The van der Waals surface area contributed by atoms with Crippen LogP contribution in [0.5, 0.6) is 11.5 Å². The number of para-hydroxylation sites is 3. The molecule has 3 aliphatic rings. The molecule has 1 aromatic heterocycles. The first-order valence-corrected chi connectivity index (χ1v) is 21.7. The zero-order valence-electron chi connectivity index (χ0n) is 35.9. The molecule has 2 aliphatic heterocycles. The summed E-state index contributed by atoms with van der Waals surface area (Å²) in [6.07, 6.45) is 5.46. The lowest BCUT2D eigenvalue weighted by atomic mass is 9.74. The van der Waals surface area contributed by atoms with E-state index >= 15 is 0 Å². The van der Waals surface area contributed by atoms with Crippen molar-refractivity contribution in [2.45, 2.75) is 44.9 Å². The van der Waals surface area contributed by atoms with Gasteiger partial charge in [0.25, 0.3) is 0 Å². The zero-order valence-corrected chi connectivity index (χ0v) is 35.9. The molecule has 0 bridgehead atoms. The SMILES string of the molecule is C=C1C=C2/C(=C\Cc3cc(-c4cccc5c4Oc4c(-c6nc(-c7ccccc7)nc(-c7ccccc7)n6)cccc4C5(C)C)ccc3N1c1ccccc1)c1ccccc1C2(C)C. The first kappa shape index (κ1) is 38.3. The Labute approximate surface area is 369 Å². The van der Waals surface area contributed by atoms with E-state index in [1.807, 2.05) is 60.7 Å². The third kappa shape index (κ3) is 6.34. The van der Waals surface area contributed by atoms with E-state index in [1.165, 1.54) is 27.8 Å². The fourth-order valence-electron chi connectivity index (χ4n) is 9.84. The highest BCUT2D eigenvalue weighted by Gasteiger charge is 2.40. The van der Waals surface area contributed by atoms with Crippen LogP contribution in [0.2, 0.25) is 0 Å². The Kier molecular flexibility index (Phi) is 8.98. The van der Waals surface area contributed by atoms with Gasteiger partial charge in [-0.05, 0) is 76.2 Å². The first-order chi connectivity index (χ1) is 30.7. The standard InChI is InChI=1S/C58H46N4O/c1-37-35-50-45(44-25-15-16-28-47(44)57(50,2)3)33-31-41-36-40(32-34-51(41)62(37)42-23-13-8-14-24-42)43-26-17-29-48-52(43)63-53-46(27-18-30-49(53)58(48,4)5)56-60-54(38-19-9-6-10-20-38)59-55(61-56)39-21-11-7-12-22-39/h6-30,32-36H,1,31H2,2-5H3/b45-33-,50-35?. The van der Waals surface area contributed by atoms with Crippen LogP contribution < -0.4 is 9.64 Å². The Morgan fingerprint density at radius 1 is 0.508 bits per heavy atom. The Bertz CT molecular complexity index is 3120. The van der Waals surface area contributed by atoms with Crippen LogP contribution in [-0.2, 0) is 17.3 Å². The third-order valence-electron chi connectivity index (χ3n) is 13.1. The van der Waals surface area contributed by atoms with E-state index in [-0.39, 0.29) is 5.41 Å². The number of hydrogen-bond donors (Lipinski definition) is 0. The highest BCUT2D eigenvalue weighted by Crippen LogP contribution is 2.55. The van der Waals surface area contributed by atoms with E-state index in [2.05, 4.69) is 154 Å². The maximum atomic E-state index is 7.27. The summed E-state index contributed by atoms with van der Waals surface area (Å²) in [4.78, 5) is 17.5. The predicted octanol–water partition coefficient (Wildman–Crippen LogP) is 14.5. The van der Waals surface area contributed by atoms with Crippen molar-refractivity contribution in [1.82, 2.24) is 15.0 Å². The van der Waals surface area contributed by atoms with Gasteiger partial charge in [-0.25, -0.2) is 15.0 Å². The number of aromatic nitrogens is 3. The van der Waals surface area contributed by atoms with Gasteiger partial charge in [0.05, 0.1) is 5.56 Å². The second-order valence-electron chi connectivity index (χ2n) is 17.7. The largest absolute Gasteiger partial charge is 0.455 e. The number of rotatable bonds is 5. The predicted molar refractivity (Wildman–Crippen MR) is 257 cm³/mol. The summed E-state index contributed by atoms with van der Waals surface area (Å²) < 4.78 is 7.27. The van der Waals surface area contributed by atoms with Crippen molar-refractivity contribution in [3.05, 3.63) is 228 Å². The van der Waals surface area contributed by atoms with Crippen LogP contribution in [0.1, 0.15) is 55.5 Å². The molecule has 0 N–H and O–H groups in total. The summed E-state index contributed by atoms with van der Waals surface area (Å²) >= 11 is 0. The number of fused-ring (bicyclic) bond motifs is 6. The molecule has 3 heterocycles. The van der Waals surface area contributed by atoms with E-state index in [0.29, 0.717) is 17.5 Å². The molecule has 0 atom stereocenters. The monoisotopic (exact) mass is 814 g/mol. The number of nitrogens with zero attached hydrogens (tertiary/aromatic N) is 4. The Morgan fingerprint density at radius 2 is 1.05 bits per heavy atom. The van der Waals surface area contributed by atoms with Crippen molar-refractivity contribution in [3.63, 3.8) is 0 Å². The normalized spacial score (nSPS) is 16.3. The van der Waals surface area contributed by atoms with E-state index < -0.39 is 5.41 Å². The molecule has 0 fully saturated rings. The minimum atomic E-state index is -0.398. The molecular formula is C58H46N4O. The van der Waals surface area contributed by atoms with Crippen LogP contribution >= 0.6 is 0 Å². The lowest BCUT2D eigenvalue weighted by Crippen LogP contribution is -2.25. The molecule has 5 heteroatoms. The minimum Gasteiger partial charge on any atom is -0.455 e. The summed E-state index contributed by atoms with van der Waals surface area (Å²) in [6.45, 7) is 14.0. The van der Waals surface area contributed by atoms with Gasteiger partial charge in [-0.15, -0.1) is 0 Å². The molecule has 0 spiro atoms. The van der Waals surface area contributed by atoms with Crippen molar-refractivity contribution in [2.24, 2.45) is 0 Å². The van der Waals surface area contributed by atoms with Crippen LogP contribution in [0.3, 0.4) is 0 Å². The topological polar surface area (TPSA) is 51.1 Å². The Hall–Kier alpha value is -7.63. The average Bonchev–Trinajstić information content (AvgIpc) is 3.56. The molecule has 5 nitrogen and oxygen atoms in total. The second-order valence-corrected chi connectivity index (χ2v) is 17.7. The van der Waals surface area contributed by atoms with Gasteiger partial charge in [-0.1, -0.05) is 180 Å². The van der Waals surface area contributed by atoms with Crippen molar-refractivity contribution in [2.75, 3.05) is 4.90 Å². The quantitative estimate of drug-likeness (QED) is 0.173. The van der Waals surface area contributed by atoms with Gasteiger partial charge in [0.15, 0.2) is 17.5 Å². The number of ether oxygens (including phenoxy) is 1. The molecule has 7 aromatic carbocycles. The molecular weight excluding hydrogens is 769 g/mol. The van der Waals surface area contributed by atoms with E-state index in [1.54, 1.807) is 0 Å². The molecule has 304 valence electrons. The number of hydrogen-bond acceptors (Lipinski definition) is 5. The molecule has 8 aromatic rings. The smallest absolute Gasteiger partial charge is 0.167 e. The summed E-state index contributed by atoms with van der Waals surface area (Å²) in [6, 6.07) is 59.3. The molecule has 0 radical (unpaired) electrons. The van der Waals surface area contributed by atoms with E-state index in [4.69, 9.17) is 26.3 Å². The number of anilines is 2. The van der Waals surface area contributed by atoms with Crippen molar-refractivity contribution >= 4 is 16.9 Å². The van der Waals surface area contributed by atoms with Gasteiger partial charge in [0.1, 0.15) is 11.5 Å². The molecule has 0 saturated carbocycles. The minimum absolute atomic E-state index is 0.175. The van der Waals surface area contributed by atoms with Crippen molar-refractivity contribution in [1.29, 1.82) is 0 Å². The number of allylic oxidation sites excluding steroid dienone is 4. The summed E-state index contributed by atoms with van der Waals surface area (Å²) in [5, 5.41) is 0. The molecule has 1 aliphatic carbocycles. The molecule has 0 unspecified atom stereocenters. The lowest BCUT2D eigenvalue weighted by molar-refractivity contribution is 0.421. The van der Waals surface area contributed by atoms with Crippen LogP contribution in [0.25, 0.3) is 50.9 Å². The summed E-state index contributed by atoms with van der Waals surface area (Å²) in [5.41, 5.74) is 15.9. The maximum Gasteiger partial charge on any atom is 0.167 e. The average molecular weight is 815 g/mol. The number of benzene rings is 7. The molecule has 0 amide bonds. The fraction of sp³-hybridized carbons (Fsp3) is 0.121. The van der Waals surface area contributed by atoms with Gasteiger partial charge in [0.2, 0.25) is 0 Å². The summed E-state index contributed by atoms with van der Waals surface area (Å²) in [7, 11) is 0. The van der Waals surface area contributed by atoms with Gasteiger partial charge >= 0.3 is 0 Å². The van der Waals surface area contributed by atoms with Gasteiger partial charge in [0, 0.05) is 55.7 Å². The molecule has 63 heavy (non-hydrogen) atoms. The van der Waals surface area contributed by atoms with Crippen molar-refractivity contribution < 1.29 is 4.74 Å². The van der Waals surface area contributed by atoms with Gasteiger partial charge < -0.3 is 9.64 Å². The van der Waals surface area contributed by atoms with Crippen LogP contribution in [0, 0.1) is 0 Å². The Balaban J connectivity index is 1.06. The highest BCUT2D eigenvalue weighted by molar-refractivity contribution is 5.92. The van der Waals surface area contributed by atoms with Crippen LogP contribution in [0.15, 0.2) is 200 Å². The van der Waals surface area contributed by atoms with Crippen molar-refractivity contribution in [3.8, 4) is 56.8 Å². The van der Waals surface area contributed by atoms with E-state index in [9.17, 15) is 0 Å². The summed E-state index contributed by atoms with van der Waals surface area (Å²) in [5.74, 6) is 3.38. The molecule has 0 saturated heterocycles. The highest BCUT2D eigenvalue weighted by atomic mass is 16.5. The lowest BCUT2D eigenvalue weighted by Gasteiger charge is -2.36. The van der Waals surface area contributed by atoms with Crippen LogP contribution in [-0.4, -0.2) is 15.0 Å². The molecule has 11 rings (SSSR count). The van der Waals surface area contributed by atoms with Gasteiger partial charge in [-0.3, -0.25) is 0 Å². The second kappa shape index (κ2) is 14.8. The fourth-order valence-corrected chi connectivity index (χ4v) is 9.84. The Morgan fingerprint density at radius 3 is 1.71 bits per heavy atom. The van der Waals surface area contributed by atoms with Crippen LogP contribution in [0.4, 0.5) is 11.4 Å². The van der Waals surface area contributed by atoms with E-state index in [0.717, 1.165) is 73.9 Å². The van der Waals surface area contributed by atoms with Gasteiger partial charge in [-0.2, -0.15) is 0 Å². The zero-order chi connectivity index (χ0) is 42.9.